The highest BCUT2D eigenvalue weighted by Gasteiger charge is 2.40. The van der Waals surface area contributed by atoms with Gasteiger partial charge in [-0.1, -0.05) is 78.9 Å². The second kappa shape index (κ2) is 47.2. The number of phenols is 1. The van der Waals surface area contributed by atoms with Crippen LogP contribution in [0.15, 0.2) is 116 Å². The number of guanidine groups is 1. The summed E-state index contributed by atoms with van der Waals surface area (Å²) in [5.41, 5.74) is 19.4. The lowest BCUT2D eigenvalue weighted by atomic mass is 10.0. The van der Waals surface area contributed by atoms with Gasteiger partial charge in [0, 0.05) is 97.8 Å². The standard InChI is InChI=1S/C79H105N21O20S2/c1-40(102)65(98-63(107)35-87-69(111)59(38-121)89-42(3)104)77(119)95-57(32-46-34-86-51-18-10-8-16-49(46)51)74(116)91-53(25-26-62(80)106)70(112)97-60(39-122)75(117)92-55(30-44-21-23-47(105)24-22-44)72(114)93-56(31-45-33-85-50-17-9-7-15-48(45)50)73(115)90-52(19-11-27-84-79(82)83)71(113)99-66(41(2)103)78(120)94-54(29-43-13-5-4-6-14-43)68(110)88-36-64(108)100-28-12-20-61(100)76(118)96-58(37-101)67(81)109/h4-10,13-18,21-24,33-34,40-41,52-61,65-66,85-86,101-103,105,121-122H,11-12,19-20,25-32,35-39H2,1-3H3,(H2,80,106)(H2,81,109)(H,87,111)(H,88,110)(H,89,104)(H,90,115)(H,91,116)(H,92,117)(H,93,114)(H,94,120)(H,95,119)(H,96,118)(H,97,112)(H,98,107)(H,99,113)(H4,82,83,84)/t40-,41-,52+,53+,54+,55+,56+,57+,58+,59+,60+,61+,65+,66+/m1/s1. The highest BCUT2D eigenvalue weighted by Crippen LogP contribution is 2.23. The van der Waals surface area contributed by atoms with Crippen LogP contribution < -0.4 is 91.6 Å². The van der Waals surface area contributed by atoms with Gasteiger partial charge in [-0.05, 0) is 92.5 Å². The van der Waals surface area contributed by atoms with Crippen LogP contribution in [0.25, 0.3) is 21.8 Å². The van der Waals surface area contributed by atoms with Gasteiger partial charge in [-0.3, -0.25) is 82.1 Å². The van der Waals surface area contributed by atoms with E-state index in [-0.39, 0.29) is 63.1 Å². The van der Waals surface area contributed by atoms with E-state index in [4.69, 9.17) is 22.6 Å². The fourth-order valence-corrected chi connectivity index (χ4v) is 13.8. The van der Waals surface area contributed by atoms with Gasteiger partial charge in [0.2, 0.25) is 94.5 Å². The van der Waals surface area contributed by atoms with E-state index in [0.717, 1.165) is 20.8 Å². The number of aromatic nitrogens is 2. The number of aromatic amines is 2. The maximum absolute atomic E-state index is 15.3. The van der Waals surface area contributed by atoms with Crippen molar-refractivity contribution in [3.63, 3.8) is 0 Å². The van der Waals surface area contributed by atoms with Crippen molar-refractivity contribution in [2.24, 2.45) is 17.2 Å². The van der Waals surface area contributed by atoms with Crippen molar-refractivity contribution < 1.29 is 97.1 Å². The van der Waals surface area contributed by atoms with Crippen LogP contribution in [0.1, 0.15) is 81.5 Å². The number of benzene rings is 4. The van der Waals surface area contributed by atoms with Crippen LogP contribution in [0.5, 0.6) is 5.75 Å². The van der Waals surface area contributed by atoms with Crippen LogP contribution in [0.2, 0.25) is 0 Å². The van der Waals surface area contributed by atoms with Crippen LogP contribution in [0.3, 0.4) is 0 Å². The molecule has 2 aromatic heterocycles. The Bertz CT molecular complexity index is 4730. The third kappa shape index (κ3) is 29.2. The lowest BCUT2D eigenvalue weighted by Crippen LogP contribution is -2.62. The molecule has 0 unspecified atom stereocenters. The minimum absolute atomic E-state index is 0.0194. The molecule has 16 amide bonds. The zero-order valence-corrected chi connectivity index (χ0v) is 68.8. The van der Waals surface area contributed by atoms with E-state index < -0.39 is 230 Å². The number of carbonyl (C=O) groups is 16. The lowest BCUT2D eigenvalue weighted by molar-refractivity contribution is -0.140. The van der Waals surface area contributed by atoms with Crippen LogP contribution in [0, 0.1) is 5.41 Å². The maximum Gasteiger partial charge on any atom is 0.245 e. The van der Waals surface area contributed by atoms with Gasteiger partial charge in [-0.15, -0.1) is 0 Å². The largest absolute Gasteiger partial charge is 0.508 e. The van der Waals surface area contributed by atoms with Crippen LogP contribution >= 0.6 is 25.3 Å². The van der Waals surface area contributed by atoms with E-state index in [1.807, 2.05) is 0 Å². The number of aromatic hydroxyl groups is 1. The van der Waals surface area contributed by atoms with Crippen molar-refractivity contribution in [3.05, 3.63) is 138 Å². The summed E-state index contributed by atoms with van der Waals surface area (Å²) in [4.78, 5) is 229. The molecule has 7 rings (SSSR count). The van der Waals surface area contributed by atoms with Crippen molar-refractivity contribution in [2.45, 2.75) is 170 Å². The molecule has 0 radical (unpaired) electrons. The summed E-state index contributed by atoms with van der Waals surface area (Å²) in [7, 11) is 0. The Morgan fingerprint density at radius 2 is 0.926 bits per heavy atom. The average Bonchev–Trinajstić information content (AvgIpc) is 1.69. The number of likely N-dealkylation sites (tertiary alicyclic amines) is 1. The summed E-state index contributed by atoms with van der Waals surface area (Å²) in [6, 6.07) is 8.41. The summed E-state index contributed by atoms with van der Waals surface area (Å²) >= 11 is 8.43. The topological polar surface area (TPSA) is 659 Å². The van der Waals surface area contributed by atoms with E-state index in [2.05, 4.69) is 110 Å². The van der Waals surface area contributed by atoms with Crippen LogP contribution in [0.4, 0.5) is 0 Å². The number of nitrogens with zero attached hydrogens (tertiary/aromatic N) is 1. The van der Waals surface area contributed by atoms with E-state index in [1.165, 1.54) is 29.2 Å². The molecular formula is C79H105N21O20S2. The fourth-order valence-electron chi connectivity index (χ4n) is 13.2. The number of thiol groups is 2. The predicted molar refractivity (Wildman–Crippen MR) is 449 cm³/mol. The van der Waals surface area contributed by atoms with Gasteiger partial charge in [0.1, 0.15) is 78.3 Å². The van der Waals surface area contributed by atoms with E-state index >= 15 is 9.59 Å². The molecule has 0 bridgehead atoms. The first-order valence-electron chi connectivity index (χ1n) is 39.0. The van der Waals surface area contributed by atoms with Crippen LogP contribution in [-0.2, 0) is 102 Å². The third-order valence-corrected chi connectivity index (χ3v) is 20.4. The Hall–Kier alpha value is -12.9. The van der Waals surface area contributed by atoms with Gasteiger partial charge in [-0.2, -0.15) is 25.3 Å². The van der Waals surface area contributed by atoms with E-state index in [1.54, 1.807) is 91.3 Å². The molecule has 27 N–H and O–H groups in total. The minimum Gasteiger partial charge on any atom is -0.508 e. The molecular weight excluding hydrogens is 1630 g/mol. The molecule has 3 heterocycles. The van der Waals surface area contributed by atoms with Gasteiger partial charge in [-0.25, -0.2) is 0 Å². The zero-order valence-electron chi connectivity index (χ0n) is 67.0. The smallest absolute Gasteiger partial charge is 0.245 e. The first kappa shape index (κ1) is 96.3. The molecule has 6 aromatic rings. The molecule has 1 aliphatic heterocycles. The maximum atomic E-state index is 15.3. The Morgan fingerprint density at radius 3 is 1.43 bits per heavy atom. The quantitative estimate of drug-likeness (QED) is 0.00732. The number of rotatable bonds is 47. The summed E-state index contributed by atoms with van der Waals surface area (Å²) in [6.45, 7) is 1.24. The average molecular weight is 1730 g/mol. The number of para-hydroxylation sites is 2. The molecule has 0 aliphatic carbocycles. The number of H-pyrrole nitrogens is 2. The minimum atomic E-state index is -1.89. The summed E-state index contributed by atoms with van der Waals surface area (Å²) in [5, 5.41) is 85.9. The van der Waals surface area contributed by atoms with E-state index in [9.17, 15) is 87.5 Å². The highest BCUT2D eigenvalue weighted by atomic mass is 32.1. The normalized spacial score (nSPS) is 15.6. The number of nitrogens with two attached hydrogens (primary N) is 3. The molecule has 0 saturated carbocycles. The number of aliphatic hydroxyl groups excluding tert-OH is 3. The SMILES string of the molecule is CC(=O)N[C@@H](CS)C(=O)NCC(=O)N[C@H](C(=O)N[C@@H](Cc1c[nH]c2ccccc12)C(=O)N[C@@H](CCC(N)=O)C(=O)N[C@@H](CS)C(=O)N[C@@H](Cc1ccc(O)cc1)C(=O)N[C@@H](Cc1c[nH]c2ccccc12)C(=O)N[C@@H](CCCNC(=N)N)C(=O)N[C@H](C(=O)N[C@@H](Cc1ccccc1)C(=O)NCC(=O)N1CCC[C@H]1C(=O)N[C@@H](CO)C(N)=O)[C@@H](C)O)[C@@H](C)O. The van der Waals surface area contributed by atoms with Gasteiger partial charge in [0.05, 0.1) is 31.9 Å². The van der Waals surface area contributed by atoms with Crippen molar-refractivity contribution in [3.8, 4) is 5.75 Å². The second-order valence-corrected chi connectivity index (χ2v) is 29.8. The van der Waals surface area contributed by atoms with Crippen molar-refractivity contribution in [1.82, 2.24) is 89.3 Å². The number of phenolic OH excluding ortho intramolecular Hbond substituents is 1. The highest BCUT2D eigenvalue weighted by molar-refractivity contribution is 7.80. The number of primary amides is 2. The summed E-state index contributed by atoms with van der Waals surface area (Å²) in [5.74, 6) is -16.8. The van der Waals surface area contributed by atoms with Crippen LogP contribution in [-0.4, -0.2) is 265 Å². The Labute approximate surface area is 710 Å². The van der Waals surface area contributed by atoms with Gasteiger partial charge in [0.15, 0.2) is 5.96 Å². The summed E-state index contributed by atoms with van der Waals surface area (Å²) < 4.78 is 0. The van der Waals surface area contributed by atoms with Crippen molar-refractivity contribution in [1.29, 1.82) is 5.41 Å². The number of carbonyl (C=O) groups excluding carboxylic acids is 16. The van der Waals surface area contributed by atoms with Crippen molar-refractivity contribution >= 4 is 148 Å². The molecule has 0 spiro atoms. The predicted octanol–water partition coefficient (Wildman–Crippen LogP) is -6.17. The monoisotopic (exact) mass is 1730 g/mol. The Balaban J connectivity index is 1.13. The molecule has 1 saturated heterocycles. The molecule has 1 aliphatic rings. The number of fused-ring (bicyclic) bond motifs is 2. The first-order valence-corrected chi connectivity index (χ1v) is 40.3. The molecule has 658 valence electrons. The number of hydrogen-bond acceptors (Lipinski definition) is 23. The lowest BCUT2D eigenvalue weighted by Gasteiger charge is -2.29. The number of amides is 16. The number of aliphatic hydroxyl groups is 3. The zero-order chi connectivity index (χ0) is 89.4. The molecule has 1 fully saturated rings. The second-order valence-electron chi connectivity index (χ2n) is 29.1. The van der Waals surface area contributed by atoms with Crippen molar-refractivity contribution in [2.75, 3.05) is 44.3 Å². The Kier molecular flexibility index (Phi) is 37.3. The van der Waals surface area contributed by atoms with Gasteiger partial charge in [0.25, 0.3) is 0 Å². The number of hydrogen-bond donors (Lipinski definition) is 26. The molecule has 122 heavy (non-hydrogen) atoms. The first-order chi connectivity index (χ1) is 58.1. The molecule has 14 atom stereocenters. The molecule has 4 aromatic carbocycles. The molecule has 41 nitrogen and oxygen atoms in total. The van der Waals surface area contributed by atoms with Gasteiger partial charge < -0.3 is 127 Å². The van der Waals surface area contributed by atoms with Gasteiger partial charge >= 0.3 is 0 Å². The number of nitrogens with one attached hydrogen (secondary N) is 17. The Morgan fingerprint density at radius 1 is 0.492 bits per heavy atom. The van der Waals surface area contributed by atoms with E-state index in [0.29, 0.717) is 50.5 Å². The fraction of sp³-hybridized carbons (Fsp3) is 0.430. The summed E-state index contributed by atoms with van der Waals surface area (Å²) in [6.07, 6.45) is -2.40. The third-order valence-electron chi connectivity index (χ3n) is 19.7. The molecule has 43 heteroatoms.